The van der Waals surface area contributed by atoms with Gasteiger partial charge in [0.1, 0.15) is 11.4 Å². The number of nitrogens with zero attached hydrogens (tertiary/aromatic N) is 1. The molecule has 1 amide bonds. The van der Waals surface area contributed by atoms with Crippen molar-refractivity contribution >= 4 is 17.9 Å². The quantitative estimate of drug-likeness (QED) is 0.912. The Morgan fingerprint density at radius 3 is 2.52 bits per heavy atom. The van der Waals surface area contributed by atoms with Gasteiger partial charge < -0.3 is 14.7 Å². The second-order valence-corrected chi connectivity index (χ2v) is 7.38. The monoisotopic (exact) mass is 313 g/mol. The van der Waals surface area contributed by atoms with E-state index in [0.717, 1.165) is 4.90 Å². The number of hydrogen-bond acceptors (Lipinski definition) is 4. The van der Waals surface area contributed by atoms with Crippen LogP contribution in [0.3, 0.4) is 0 Å². The Hall–Kier alpha value is -1.27. The van der Waals surface area contributed by atoms with Crippen molar-refractivity contribution < 1.29 is 19.0 Å². The van der Waals surface area contributed by atoms with Gasteiger partial charge in [-0.3, -0.25) is 0 Å². The van der Waals surface area contributed by atoms with Crippen molar-refractivity contribution in [3.8, 4) is 0 Å². The zero-order chi connectivity index (χ0) is 15.6. The SMILES string of the molecule is CC(C)(C)OC(=O)N1C[C@@H](O)[C@H](Sc2ccc(F)cc2)C1. The van der Waals surface area contributed by atoms with E-state index in [9.17, 15) is 14.3 Å². The van der Waals surface area contributed by atoms with Gasteiger partial charge >= 0.3 is 6.09 Å². The standard InChI is InChI=1S/C15H20FNO3S/c1-15(2,3)20-14(19)17-8-12(18)13(9-17)21-11-6-4-10(16)5-7-11/h4-7,12-13,18H,8-9H2,1-3H3/t12-,13-/m1/s1. The summed E-state index contributed by atoms with van der Waals surface area (Å²) in [7, 11) is 0. The Balaban J connectivity index is 1.94. The molecule has 0 unspecified atom stereocenters. The number of carbonyl (C=O) groups excluding carboxylic acids is 1. The van der Waals surface area contributed by atoms with E-state index in [-0.39, 0.29) is 17.6 Å². The molecule has 1 aliphatic rings. The third-order valence-electron chi connectivity index (χ3n) is 2.99. The highest BCUT2D eigenvalue weighted by molar-refractivity contribution is 8.00. The number of likely N-dealkylation sites (tertiary alicyclic amines) is 1. The van der Waals surface area contributed by atoms with Crippen molar-refractivity contribution in [2.45, 2.75) is 42.6 Å². The topological polar surface area (TPSA) is 49.8 Å². The van der Waals surface area contributed by atoms with E-state index in [0.29, 0.717) is 6.54 Å². The van der Waals surface area contributed by atoms with Crippen LogP contribution in [-0.4, -0.2) is 46.1 Å². The molecule has 1 aromatic carbocycles. The minimum Gasteiger partial charge on any atom is -0.444 e. The summed E-state index contributed by atoms with van der Waals surface area (Å²) >= 11 is 1.44. The number of halogens is 1. The lowest BCUT2D eigenvalue weighted by Crippen LogP contribution is -2.35. The highest BCUT2D eigenvalue weighted by Crippen LogP contribution is 2.30. The summed E-state index contributed by atoms with van der Waals surface area (Å²) in [5, 5.41) is 9.94. The summed E-state index contributed by atoms with van der Waals surface area (Å²) in [6, 6.07) is 6.11. The number of ether oxygens (including phenoxy) is 1. The van der Waals surface area contributed by atoms with Gasteiger partial charge in [-0.1, -0.05) is 0 Å². The van der Waals surface area contributed by atoms with Crippen LogP contribution in [0, 0.1) is 5.82 Å². The predicted molar refractivity (Wildman–Crippen MR) is 79.9 cm³/mol. The van der Waals surface area contributed by atoms with Gasteiger partial charge in [0.05, 0.1) is 17.9 Å². The lowest BCUT2D eigenvalue weighted by Gasteiger charge is -2.24. The van der Waals surface area contributed by atoms with Crippen LogP contribution in [-0.2, 0) is 4.74 Å². The highest BCUT2D eigenvalue weighted by Gasteiger charge is 2.36. The van der Waals surface area contributed by atoms with E-state index in [2.05, 4.69) is 0 Å². The molecule has 116 valence electrons. The van der Waals surface area contributed by atoms with E-state index < -0.39 is 17.8 Å². The molecular weight excluding hydrogens is 293 g/mol. The van der Waals surface area contributed by atoms with Crippen molar-refractivity contribution in [2.24, 2.45) is 0 Å². The maximum absolute atomic E-state index is 12.9. The number of hydrogen-bond donors (Lipinski definition) is 1. The molecule has 1 fully saturated rings. The molecule has 4 nitrogen and oxygen atoms in total. The van der Waals surface area contributed by atoms with Crippen LogP contribution in [0.25, 0.3) is 0 Å². The van der Waals surface area contributed by atoms with Crippen LogP contribution < -0.4 is 0 Å². The first-order valence-corrected chi connectivity index (χ1v) is 7.71. The first-order chi connectivity index (χ1) is 9.74. The van der Waals surface area contributed by atoms with E-state index >= 15 is 0 Å². The lowest BCUT2D eigenvalue weighted by atomic mass is 10.2. The number of amides is 1. The summed E-state index contributed by atoms with van der Waals surface area (Å²) < 4.78 is 18.2. The van der Waals surface area contributed by atoms with Gasteiger partial charge in [-0.05, 0) is 45.0 Å². The van der Waals surface area contributed by atoms with E-state index in [1.165, 1.54) is 28.8 Å². The Morgan fingerprint density at radius 2 is 1.95 bits per heavy atom. The molecule has 0 radical (unpaired) electrons. The van der Waals surface area contributed by atoms with Crippen molar-refractivity contribution in [2.75, 3.05) is 13.1 Å². The Kier molecular flexibility index (Phi) is 4.78. The van der Waals surface area contributed by atoms with Crippen LogP contribution in [0.5, 0.6) is 0 Å². The largest absolute Gasteiger partial charge is 0.444 e. The van der Waals surface area contributed by atoms with Gasteiger partial charge in [0.15, 0.2) is 0 Å². The first-order valence-electron chi connectivity index (χ1n) is 6.83. The molecule has 1 saturated heterocycles. The first kappa shape index (κ1) is 16.1. The Labute approximate surface area is 128 Å². The predicted octanol–water partition coefficient (Wildman–Crippen LogP) is 2.90. The number of thioether (sulfide) groups is 1. The molecule has 0 saturated carbocycles. The number of carbonyl (C=O) groups is 1. The summed E-state index contributed by atoms with van der Waals surface area (Å²) in [6.07, 6.45) is -1.03. The smallest absolute Gasteiger partial charge is 0.410 e. The highest BCUT2D eigenvalue weighted by atomic mass is 32.2. The molecule has 1 aliphatic heterocycles. The van der Waals surface area contributed by atoms with Crippen LogP contribution in [0.1, 0.15) is 20.8 Å². The normalized spacial score (nSPS) is 22.4. The molecular formula is C15H20FNO3S. The van der Waals surface area contributed by atoms with Gasteiger partial charge in [0.25, 0.3) is 0 Å². The average Bonchev–Trinajstić information content (AvgIpc) is 2.72. The Morgan fingerprint density at radius 1 is 1.33 bits per heavy atom. The van der Waals surface area contributed by atoms with E-state index in [4.69, 9.17) is 4.74 Å². The molecule has 2 rings (SSSR count). The van der Waals surface area contributed by atoms with Gasteiger partial charge in [-0.25, -0.2) is 9.18 Å². The van der Waals surface area contributed by atoms with Gasteiger partial charge in [-0.2, -0.15) is 0 Å². The van der Waals surface area contributed by atoms with Crippen molar-refractivity contribution in [1.82, 2.24) is 4.90 Å². The average molecular weight is 313 g/mol. The molecule has 0 aromatic heterocycles. The molecule has 1 N–H and O–H groups in total. The van der Waals surface area contributed by atoms with Gasteiger partial charge in [0, 0.05) is 11.4 Å². The number of rotatable bonds is 2. The summed E-state index contributed by atoms with van der Waals surface area (Å²) in [5.74, 6) is -0.290. The van der Waals surface area contributed by atoms with Gasteiger partial charge in [0.2, 0.25) is 0 Å². The van der Waals surface area contributed by atoms with Crippen LogP contribution in [0.4, 0.5) is 9.18 Å². The summed E-state index contributed by atoms with van der Waals surface area (Å²) in [6.45, 7) is 6.10. The Bertz CT molecular complexity index is 501. The number of aliphatic hydroxyl groups excluding tert-OH is 1. The second kappa shape index (κ2) is 6.23. The van der Waals surface area contributed by atoms with Crippen LogP contribution in [0.2, 0.25) is 0 Å². The zero-order valence-corrected chi connectivity index (χ0v) is 13.2. The maximum Gasteiger partial charge on any atom is 0.410 e. The maximum atomic E-state index is 12.9. The van der Waals surface area contributed by atoms with Crippen LogP contribution in [0.15, 0.2) is 29.2 Å². The van der Waals surface area contributed by atoms with Crippen LogP contribution >= 0.6 is 11.8 Å². The molecule has 6 heteroatoms. The van der Waals surface area contributed by atoms with E-state index in [1.54, 1.807) is 12.1 Å². The minimum absolute atomic E-state index is 0.136. The fourth-order valence-corrected chi connectivity index (χ4v) is 3.18. The lowest BCUT2D eigenvalue weighted by molar-refractivity contribution is 0.0270. The molecule has 1 heterocycles. The van der Waals surface area contributed by atoms with Crippen molar-refractivity contribution in [3.63, 3.8) is 0 Å². The molecule has 1 aromatic rings. The fraction of sp³-hybridized carbons (Fsp3) is 0.533. The third-order valence-corrected chi connectivity index (χ3v) is 4.30. The molecule has 0 bridgehead atoms. The van der Waals surface area contributed by atoms with E-state index in [1.807, 2.05) is 20.8 Å². The zero-order valence-electron chi connectivity index (χ0n) is 12.4. The minimum atomic E-state index is -0.618. The number of aliphatic hydroxyl groups is 1. The number of benzene rings is 1. The summed E-state index contributed by atoms with van der Waals surface area (Å²) in [4.78, 5) is 14.4. The third kappa shape index (κ3) is 4.61. The molecule has 0 aliphatic carbocycles. The summed E-state index contributed by atoms with van der Waals surface area (Å²) in [5.41, 5.74) is -0.551. The second-order valence-electron chi connectivity index (χ2n) is 6.06. The number of β-amino-alcohol motifs (C(OH)–C–C–N with tert-alkyl or cyclic N) is 1. The van der Waals surface area contributed by atoms with Gasteiger partial charge in [-0.15, -0.1) is 11.8 Å². The van der Waals surface area contributed by atoms with Crippen molar-refractivity contribution in [1.29, 1.82) is 0 Å². The molecule has 21 heavy (non-hydrogen) atoms. The van der Waals surface area contributed by atoms with Crippen molar-refractivity contribution in [3.05, 3.63) is 30.1 Å². The molecule has 0 spiro atoms. The fourth-order valence-electron chi connectivity index (χ4n) is 2.04. The molecule has 2 atom stereocenters.